The van der Waals surface area contributed by atoms with E-state index in [2.05, 4.69) is 5.32 Å². The molecule has 3 fully saturated rings. The number of phenols is 1. The third kappa shape index (κ3) is 7.05. The summed E-state index contributed by atoms with van der Waals surface area (Å²) in [6, 6.07) is 3.74. The molecular weight excluding hydrogens is 687 g/mol. The van der Waals surface area contributed by atoms with Gasteiger partial charge in [-0.3, -0.25) is 14.4 Å². The lowest BCUT2D eigenvalue weighted by Crippen LogP contribution is -2.70. The normalized spacial score (nSPS) is 36.1. The number of carbonyl (C=O) groups is 3. The minimum atomic E-state index is -2.30. The number of β-amino-alcohol motifs (C(OH)–C–C–N with tert-alkyl or cyclic N) is 1. The van der Waals surface area contributed by atoms with Crippen LogP contribution < -0.4 is 5.32 Å². The second-order valence-electron chi connectivity index (χ2n) is 15.8. The van der Waals surface area contributed by atoms with E-state index in [-0.39, 0.29) is 49.2 Å². The van der Waals surface area contributed by atoms with Gasteiger partial charge in [-0.1, -0.05) is 32.9 Å². The fourth-order valence-electron chi connectivity index (χ4n) is 9.09. The smallest absolute Gasteiger partial charge is 0.306 e. The molecule has 4 aliphatic carbocycles. The SMILES string of the molecule is CC(C)(C)NCC(O)c1ccc(O)c(CO)c1.CCC(=O)O[C@]1(C(=O)SCF)[C@H](C)C[C@H]2C3C[C@H](F)C4=CC(=O)C=C[C@]4(C)[C@@]3(F)[C@@H](O)C[C@@]21C. The maximum Gasteiger partial charge on any atom is 0.306 e. The Labute approximate surface area is 302 Å². The molecule has 5 N–H and O–H groups in total. The second kappa shape index (κ2) is 15.0. The number of alkyl halides is 3. The molecule has 0 amide bonds. The van der Waals surface area contributed by atoms with E-state index in [1.165, 1.54) is 25.1 Å². The number of rotatable bonds is 8. The number of aromatic hydroxyl groups is 1. The quantitative estimate of drug-likeness (QED) is 0.209. The highest BCUT2D eigenvalue weighted by Crippen LogP contribution is 2.72. The minimum Gasteiger partial charge on any atom is -0.508 e. The zero-order valence-corrected chi connectivity index (χ0v) is 31.2. The summed E-state index contributed by atoms with van der Waals surface area (Å²) in [6.07, 6.45) is -0.493. The Bertz CT molecular complexity index is 1570. The molecule has 0 heterocycles. The minimum absolute atomic E-state index is 0.0141. The summed E-state index contributed by atoms with van der Waals surface area (Å²) >= 11 is 0.396. The summed E-state index contributed by atoms with van der Waals surface area (Å²) in [6.45, 7) is 12.7. The Balaban J connectivity index is 0.000000289. The number of ether oxygens (including phenoxy) is 1. The molecular formula is C38H52F3NO8S. The summed E-state index contributed by atoms with van der Waals surface area (Å²) in [5, 5.41) is 42.3. The molecule has 5 rings (SSSR count). The average molecular weight is 740 g/mol. The van der Waals surface area contributed by atoms with Crippen molar-refractivity contribution < 1.29 is 52.7 Å². The number of aliphatic hydroxyl groups excluding tert-OH is 3. The van der Waals surface area contributed by atoms with Gasteiger partial charge in [-0.25, -0.2) is 13.2 Å². The van der Waals surface area contributed by atoms with Crippen molar-refractivity contribution >= 4 is 28.6 Å². The van der Waals surface area contributed by atoms with Crippen molar-refractivity contribution in [2.75, 3.05) is 12.6 Å². The van der Waals surface area contributed by atoms with Crippen LogP contribution in [-0.2, 0) is 25.7 Å². The number of benzene rings is 1. The van der Waals surface area contributed by atoms with Gasteiger partial charge in [-0.15, -0.1) is 0 Å². The lowest BCUT2D eigenvalue weighted by Gasteiger charge is -2.63. The first kappa shape index (κ1) is 41.1. The van der Waals surface area contributed by atoms with Gasteiger partial charge in [0.05, 0.1) is 18.8 Å². The van der Waals surface area contributed by atoms with Crippen LogP contribution in [0.1, 0.15) is 91.4 Å². The Morgan fingerprint density at radius 1 is 1.18 bits per heavy atom. The van der Waals surface area contributed by atoms with Crippen molar-refractivity contribution in [2.45, 2.75) is 116 Å². The van der Waals surface area contributed by atoms with Crippen molar-refractivity contribution in [3.63, 3.8) is 0 Å². The van der Waals surface area contributed by atoms with Gasteiger partial charge in [-0.2, -0.15) is 0 Å². The molecule has 13 heteroatoms. The van der Waals surface area contributed by atoms with Crippen molar-refractivity contribution in [2.24, 2.45) is 28.6 Å². The van der Waals surface area contributed by atoms with E-state index in [4.69, 9.17) is 9.84 Å². The third-order valence-electron chi connectivity index (χ3n) is 11.7. The molecule has 4 aliphatic rings. The molecule has 0 radical (unpaired) electrons. The van der Waals surface area contributed by atoms with Gasteiger partial charge in [0.15, 0.2) is 17.1 Å². The zero-order valence-electron chi connectivity index (χ0n) is 30.3. The van der Waals surface area contributed by atoms with Crippen LogP contribution in [0.5, 0.6) is 5.75 Å². The first-order valence-corrected chi connectivity index (χ1v) is 18.4. The van der Waals surface area contributed by atoms with Crippen molar-refractivity contribution in [3.8, 4) is 5.75 Å². The van der Waals surface area contributed by atoms with Crippen LogP contribution in [0.3, 0.4) is 0 Å². The number of esters is 1. The first-order valence-electron chi connectivity index (χ1n) is 17.4. The molecule has 3 saturated carbocycles. The van der Waals surface area contributed by atoms with E-state index in [1.807, 2.05) is 20.8 Å². The summed E-state index contributed by atoms with van der Waals surface area (Å²) in [5.41, 5.74) is -5.79. The molecule has 1 aromatic carbocycles. The molecule has 0 aromatic heterocycles. The number of fused-ring (bicyclic) bond motifs is 5. The van der Waals surface area contributed by atoms with Crippen LogP contribution in [0.2, 0.25) is 0 Å². The molecule has 10 atom stereocenters. The van der Waals surface area contributed by atoms with Gasteiger partial charge in [0.1, 0.15) is 17.9 Å². The molecule has 2 unspecified atom stereocenters. The predicted octanol–water partition coefficient (Wildman–Crippen LogP) is 5.74. The second-order valence-corrected chi connectivity index (χ2v) is 16.7. The highest BCUT2D eigenvalue weighted by Gasteiger charge is 2.78. The van der Waals surface area contributed by atoms with Crippen molar-refractivity contribution in [3.05, 3.63) is 53.1 Å². The molecule has 284 valence electrons. The lowest BCUT2D eigenvalue weighted by atomic mass is 9.44. The van der Waals surface area contributed by atoms with Crippen LogP contribution >= 0.6 is 11.8 Å². The number of hydrogen-bond donors (Lipinski definition) is 5. The fraction of sp³-hybridized carbons (Fsp3) is 0.658. The Morgan fingerprint density at radius 3 is 2.43 bits per heavy atom. The van der Waals surface area contributed by atoms with Crippen LogP contribution in [0.4, 0.5) is 13.2 Å². The maximum absolute atomic E-state index is 17.2. The monoisotopic (exact) mass is 739 g/mol. The molecule has 0 spiro atoms. The Morgan fingerprint density at radius 2 is 1.84 bits per heavy atom. The van der Waals surface area contributed by atoms with Crippen LogP contribution in [0.25, 0.3) is 0 Å². The van der Waals surface area contributed by atoms with Gasteiger partial charge >= 0.3 is 5.97 Å². The number of allylic oxidation sites excluding steroid dienone is 4. The van der Waals surface area contributed by atoms with Crippen molar-refractivity contribution in [1.82, 2.24) is 5.32 Å². The lowest BCUT2D eigenvalue weighted by molar-refractivity contribution is -0.228. The number of halogens is 3. The summed E-state index contributed by atoms with van der Waals surface area (Å²) in [4.78, 5) is 37.8. The topological polar surface area (TPSA) is 153 Å². The standard InChI is InChI=1S/C25H31F3O5S.C13H21NO3/c1-5-20(31)33-25(21(32)34-12-26)13(2)8-15-16-10-18(27)17-9-14(29)6-7-22(17,3)24(16,28)19(30)11-23(15,25)4;1-13(2,3)14-7-12(17)9-4-5-11(16)10(6-9)8-15/h6-7,9,13,15-16,18-19,30H,5,8,10-12H2,1-4H3;4-6,12,14-17H,7-8H2,1-3H3/t13-,15+,16?,18+,19+,22+,23+,24+,25+;/m1./s1. The van der Waals surface area contributed by atoms with E-state index in [0.717, 1.165) is 6.08 Å². The number of carbonyl (C=O) groups excluding carboxylic acids is 3. The van der Waals surface area contributed by atoms with Crippen LogP contribution in [0.15, 0.2) is 42.0 Å². The van der Waals surface area contributed by atoms with E-state index in [9.17, 15) is 34.1 Å². The van der Waals surface area contributed by atoms with E-state index in [0.29, 0.717) is 29.4 Å². The molecule has 1 aromatic rings. The third-order valence-corrected chi connectivity index (χ3v) is 12.4. The van der Waals surface area contributed by atoms with Gasteiger partial charge in [0.25, 0.3) is 0 Å². The highest BCUT2D eigenvalue weighted by atomic mass is 32.2. The first-order chi connectivity index (χ1) is 23.7. The Kier molecular flexibility index (Phi) is 12.0. The molecule has 0 saturated heterocycles. The van der Waals surface area contributed by atoms with Gasteiger partial charge in [-0.05, 0) is 100 Å². The van der Waals surface area contributed by atoms with Crippen LogP contribution in [-0.4, -0.2) is 78.9 Å². The maximum atomic E-state index is 17.2. The van der Waals surface area contributed by atoms with Crippen LogP contribution in [0, 0.1) is 28.6 Å². The summed E-state index contributed by atoms with van der Waals surface area (Å²) in [5.74, 6) is -3.25. The zero-order chi connectivity index (χ0) is 38.3. The largest absolute Gasteiger partial charge is 0.508 e. The average Bonchev–Trinajstić information content (AvgIpc) is 3.28. The number of thioether (sulfide) groups is 1. The fourth-order valence-corrected chi connectivity index (χ4v) is 9.88. The van der Waals surface area contributed by atoms with E-state index in [1.54, 1.807) is 32.9 Å². The van der Waals surface area contributed by atoms with E-state index >= 15 is 8.78 Å². The number of ketones is 1. The van der Waals surface area contributed by atoms with E-state index < -0.39 is 81.1 Å². The number of aliphatic hydroxyl groups is 3. The predicted molar refractivity (Wildman–Crippen MR) is 188 cm³/mol. The molecule has 0 aliphatic heterocycles. The van der Waals surface area contributed by atoms with Crippen molar-refractivity contribution in [1.29, 1.82) is 0 Å². The summed E-state index contributed by atoms with van der Waals surface area (Å²) in [7, 11) is 0. The van der Waals surface area contributed by atoms with Gasteiger partial charge in [0.2, 0.25) is 5.12 Å². The molecule has 0 bridgehead atoms. The summed E-state index contributed by atoms with van der Waals surface area (Å²) < 4.78 is 51.8. The van der Waals surface area contributed by atoms with Gasteiger partial charge < -0.3 is 30.5 Å². The van der Waals surface area contributed by atoms with Gasteiger partial charge in [0, 0.05) is 46.7 Å². The number of nitrogens with one attached hydrogen (secondary N) is 1. The molecule has 9 nitrogen and oxygen atoms in total. The number of hydrogen-bond acceptors (Lipinski definition) is 10. The highest BCUT2D eigenvalue weighted by molar-refractivity contribution is 8.13. The molecule has 51 heavy (non-hydrogen) atoms. The Hall–Kier alpha value is -2.71.